The Morgan fingerprint density at radius 1 is 1.48 bits per heavy atom. The fourth-order valence-corrected chi connectivity index (χ4v) is 2.67. The lowest BCUT2D eigenvalue weighted by Crippen LogP contribution is -2.36. The van der Waals surface area contributed by atoms with Crippen molar-refractivity contribution < 1.29 is 13.9 Å². The first-order valence-electron chi connectivity index (χ1n) is 7.27. The summed E-state index contributed by atoms with van der Waals surface area (Å²) in [5.41, 5.74) is 0.318. The molecule has 1 aliphatic rings. The molecule has 21 heavy (non-hydrogen) atoms. The van der Waals surface area contributed by atoms with Crippen molar-refractivity contribution in [1.29, 1.82) is 0 Å². The van der Waals surface area contributed by atoms with Gasteiger partial charge in [0.2, 0.25) is 0 Å². The van der Waals surface area contributed by atoms with Gasteiger partial charge in [-0.15, -0.1) is 0 Å². The zero-order valence-electron chi connectivity index (χ0n) is 12.6. The summed E-state index contributed by atoms with van der Waals surface area (Å²) in [4.78, 5) is 18.2. The van der Waals surface area contributed by atoms with Crippen molar-refractivity contribution in [3.05, 3.63) is 30.3 Å². The molecule has 0 N–H and O–H groups in total. The average Bonchev–Trinajstić information content (AvgIpc) is 3.02. The number of aromatic nitrogens is 1. The molecule has 5 heteroatoms. The number of pyridine rings is 1. The molecule has 1 fully saturated rings. The molecule has 1 atom stereocenters. The number of amides is 1. The number of hydrogen-bond donors (Lipinski definition) is 0. The average molecular weight is 288 g/mol. The van der Waals surface area contributed by atoms with Crippen LogP contribution in [0.4, 0.5) is 4.79 Å². The van der Waals surface area contributed by atoms with Gasteiger partial charge in [-0.05, 0) is 45.7 Å². The van der Waals surface area contributed by atoms with Crippen LogP contribution in [0.15, 0.2) is 28.9 Å². The summed E-state index contributed by atoms with van der Waals surface area (Å²) in [6, 6.07) is 3.76. The summed E-state index contributed by atoms with van der Waals surface area (Å²) in [5.74, 6) is 0.807. The SMILES string of the molecule is CC(C)(C)OC(=O)N1CCC[C@H]1c1cc2cnccc2o1. The number of furan rings is 1. The maximum absolute atomic E-state index is 12.3. The summed E-state index contributed by atoms with van der Waals surface area (Å²) in [6.07, 6.45) is 5.06. The lowest BCUT2D eigenvalue weighted by atomic mass is 10.1. The molecule has 2 aromatic rings. The van der Waals surface area contributed by atoms with E-state index >= 15 is 0 Å². The summed E-state index contributed by atoms with van der Waals surface area (Å²) in [6.45, 7) is 6.34. The van der Waals surface area contributed by atoms with E-state index in [1.807, 2.05) is 32.9 Å². The summed E-state index contributed by atoms with van der Waals surface area (Å²) in [5, 5.41) is 0.962. The Kier molecular flexibility index (Phi) is 3.35. The number of hydrogen-bond acceptors (Lipinski definition) is 4. The number of carbonyl (C=O) groups excluding carboxylic acids is 1. The van der Waals surface area contributed by atoms with Crippen molar-refractivity contribution >= 4 is 17.1 Å². The second-order valence-electron chi connectivity index (χ2n) is 6.39. The Hall–Kier alpha value is -2.04. The molecule has 1 saturated heterocycles. The van der Waals surface area contributed by atoms with Crippen LogP contribution in [0, 0.1) is 0 Å². The predicted molar refractivity (Wildman–Crippen MR) is 78.9 cm³/mol. The minimum Gasteiger partial charge on any atom is -0.459 e. The van der Waals surface area contributed by atoms with Gasteiger partial charge in [-0.3, -0.25) is 9.88 Å². The van der Waals surface area contributed by atoms with E-state index in [1.54, 1.807) is 17.3 Å². The molecule has 0 unspecified atom stereocenters. The highest BCUT2D eigenvalue weighted by molar-refractivity contribution is 5.77. The summed E-state index contributed by atoms with van der Waals surface area (Å²) < 4.78 is 11.4. The first-order valence-corrected chi connectivity index (χ1v) is 7.27. The lowest BCUT2D eigenvalue weighted by molar-refractivity contribution is 0.0209. The fraction of sp³-hybridized carbons (Fsp3) is 0.500. The number of nitrogens with zero attached hydrogens (tertiary/aromatic N) is 2. The molecule has 3 heterocycles. The highest BCUT2D eigenvalue weighted by Crippen LogP contribution is 2.35. The van der Waals surface area contributed by atoms with Gasteiger partial charge in [0, 0.05) is 24.3 Å². The van der Waals surface area contributed by atoms with Crippen LogP contribution in [-0.2, 0) is 4.74 Å². The van der Waals surface area contributed by atoms with E-state index in [4.69, 9.17) is 9.15 Å². The lowest BCUT2D eigenvalue weighted by Gasteiger charge is -2.27. The van der Waals surface area contributed by atoms with Crippen molar-refractivity contribution in [2.24, 2.45) is 0 Å². The van der Waals surface area contributed by atoms with Crippen LogP contribution < -0.4 is 0 Å². The van der Waals surface area contributed by atoms with Gasteiger partial charge in [-0.2, -0.15) is 0 Å². The molecule has 0 radical (unpaired) electrons. The first kappa shape index (κ1) is 13.9. The maximum Gasteiger partial charge on any atom is 0.410 e. The molecule has 0 spiro atoms. The van der Waals surface area contributed by atoms with E-state index in [0.717, 1.165) is 29.6 Å². The minimum absolute atomic E-state index is 0.0488. The second-order valence-corrected chi connectivity index (χ2v) is 6.39. The molecular formula is C16H20N2O3. The first-order chi connectivity index (χ1) is 9.94. The van der Waals surface area contributed by atoms with E-state index in [1.165, 1.54) is 0 Å². The van der Waals surface area contributed by atoms with Crippen molar-refractivity contribution in [2.75, 3.05) is 6.54 Å². The smallest absolute Gasteiger partial charge is 0.410 e. The Balaban J connectivity index is 1.85. The highest BCUT2D eigenvalue weighted by atomic mass is 16.6. The molecule has 0 aromatic carbocycles. The Labute approximate surface area is 123 Å². The number of fused-ring (bicyclic) bond motifs is 1. The van der Waals surface area contributed by atoms with Crippen LogP contribution in [0.2, 0.25) is 0 Å². The third-order valence-corrected chi connectivity index (χ3v) is 3.54. The molecular weight excluding hydrogens is 268 g/mol. The fourth-order valence-electron chi connectivity index (χ4n) is 2.67. The van der Waals surface area contributed by atoms with Crippen molar-refractivity contribution in [3.63, 3.8) is 0 Å². The van der Waals surface area contributed by atoms with Crippen molar-refractivity contribution in [2.45, 2.75) is 45.3 Å². The summed E-state index contributed by atoms with van der Waals surface area (Å²) >= 11 is 0. The van der Waals surface area contributed by atoms with Crippen LogP contribution in [0.3, 0.4) is 0 Å². The van der Waals surface area contributed by atoms with E-state index < -0.39 is 5.60 Å². The quantitative estimate of drug-likeness (QED) is 0.798. The van der Waals surface area contributed by atoms with E-state index in [0.29, 0.717) is 6.54 Å². The molecule has 3 rings (SSSR count). The van der Waals surface area contributed by atoms with Crippen molar-refractivity contribution in [1.82, 2.24) is 9.88 Å². The van der Waals surface area contributed by atoms with Gasteiger partial charge in [-0.1, -0.05) is 0 Å². The van der Waals surface area contributed by atoms with Gasteiger partial charge in [0.1, 0.15) is 16.9 Å². The zero-order chi connectivity index (χ0) is 15.0. The van der Waals surface area contributed by atoms with Gasteiger partial charge < -0.3 is 9.15 Å². The third kappa shape index (κ3) is 2.86. The van der Waals surface area contributed by atoms with Gasteiger partial charge >= 0.3 is 6.09 Å². The summed E-state index contributed by atoms with van der Waals surface area (Å²) in [7, 11) is 0. The van der Waals surface area contributed by atoms with E-state index in [-0.39, 0.29) is 12.1 Å². The molecule has 112 valence electrons. The van der Waals surface area contributed by atoms with Crippen LogP contribution in [0.25, 0.3) is 11.0 Å². The molecule has 5 nitrogen and oxygen atoms in total. The Bertz CT molecular complexity index is 624. The van der Waals surface area contributed by atoms with Crippen LogP contribution in [-0.4, -0.2) is 28.1 Å². The van der Waals surface area contributed by atoms with Crippen molar-refractivity contribution in [3.8, 4) is 0 Å². The number of likely N-dealkylation sites (tertiary alicyclic amines) is 1. The Morgan fingerprint density at radius 3 is 3.00 bits per heavy atom. The number of rotatable bonds is 1. The number of carbonyl (C=O) groups is 1. The zero-order valence-corrected chi connectivity index (χ0v) is 12.6. The second kappa shape index (κ2) is 5.06. The Morgan fingerprint density at radius 2 is 2.29 bits per heavy atom. The third-order valence-electron chi connectivity index (χ3n) is 3.54. The molecule has 0 aliphatic carbocycles. The predicted octanol–water partition coefficient (Wildman–Crippen LogP) is 3.90. The maximum atomic E-state index is 12.3. The molecule has 1 amide bonds. The van der Waals surface area contributed by atoms with Gasteiger partial charge in [0.05, 0.1) is 6.04 Å². The van der Waals surface area contributed by atoms with Crippen LogP contribution >= 0.6 is 0 Å². The monoisotopic (exact) mass is 288 g/mol. The largest absolute Gasteiger partial charge is 0.459 e. The van der Waals surface area contributed by atoms with Crippen LogP contribution in [0.5, 0.6) is 0 Å². The number of ether oxygens (including phenoxy) is 1. The topological polar surface area (TPSA) is 55.6 Å². The molecule has 0 bridgehead atoms. The minimum atomic E-state index is -0.484. The molecule has 2 aromatic heterocycles. The molecule has 1 aliphatic heterocycles. The van der Waals surface area contributed by atoms with E-state index in [2.05, 4.69) is 4.98 Å². The van der Waals surface area contributed by atoms with Gasteiger partial charge in [-0.25, -0.2) is 4.79 Å². The van der Waals surface area contributed by atoms with Gasteiger partial charge in [0.25, 0.3) is 0 Å². The highest BCUT2D eigenvalue weighted by Gasteiger charge is 2.35. The normalized spacial score (nSPS) is 19.2. The van der Waals surface area contributed by atoms with Crippen LogP contribution in [0.1, 0.15) is 45.4 Å². The standard InChI is InChI=1S/C16H20N2O3/c1-16(2,3)21-15(19)18-8-4-5-12(18)14-9-11-10-17-7-6-13(11)20-14/h6-7,9-10,12H,4-5,8H2,1-3H3/t12-/m0/s1. The van der Waals surface area contributed by atoms with E-state index in [9.17, 15) is 4.79 Å². The molecule has 0 saturated carbocycles. The van der Waals surface area contributed by atoms with Gasteiger partial charge in [0.15, 0.2) is 0 Å².